The highest BCUT2D eigenvalue weighted by Gasteiger charge is 2.36. The Morgan fingerprint density at radius 3 is 2.80 bits per heavy atom. The van der Waals surface area contributed by atoms with Crippen LogP contribution in [-0.4, -0.2) is 15.5 Å². The predicted molar refractivity (Wildman–Crippen MR) is 81.5 cm³/mol. The van der Waals surface area contributed by atoms with Gasteiger partial charge in [0.05, 0.1) is 5.41 Å². The van der Waals surface area contributed by atoms with Gasteiger partial charge in [-0.15, -0.1) is 6.58 Å². The van der Waals surface area contributed by atoms with Crippen molar-refractivity contribution in [3.8, 4) is 0 Å². The van der Waals surface area contributed by atoms with E-state index in [0.717, 1.165) is 5.56 Å². The summed E-state index contributed by atoms with van der Waals surface area (Å²) in [7, 11) is 0. The van der Waals surface area contributed by atoms with Crippen molar-refractivity contribution in [1.82, 2.24) is 9.55 Å². The van der Waals surface area contributed by atoms with Crippen LogP contribution in [0.2, 0.25) is 10.0 Å². The Morgan fingerprint density at radius 2 is 2.25 bits per heavy atom. The van der Waals surface area contributed by atoms with E-state index < -0.39 is 5.41 Å². The van der Waals surface area contributed by atoms with Crippen molar-refractivity contribution in [1.29, 1.82) is 0 Å². The van der Waals surface area contributed by atoms with Crippen molar-refractivity contribution < 1.29 is 4.79 Å². The van der Waals surface area contributed by atoms with Crippen molar-refractivity contribution in [2.75, 3.05) is 0 Å². The van der Waals surface area contributed by atoms with E-state index in [1.807, 2.05) is 6.92 Å². The van der Waals surface area contributed by atoms with Crippen LogP contribution in [0.1, 0.15) is 23.7 Å². The van der Waals surface area contributed by atoms with Crippen LogP contribution in [0.25, 0.3) is 0 Å². The third-order valence-corrected chi connectivity index (χ3v) is 3.84. The molecular weight excluding hydrogens is 295 g/mol. The number of rotatable bonds is 4. The first-order valence-corrected chi connectivity index (χ1v) is 6.84. The molecule has 1 heterocycles. The third-order valence-electron chi connectivity index (χ3n) is 3.29. The lowest BCUT2D eigenvalue weighted by molar-refractivity contribution is 0.0809. The van der Waals surface area contributed by atoms with E-state index in [0.29, 0.717) is 16.5 Å². The second-order valence-electron chi connectivity index (χ2n) is 4.72. The number of allylic oxidation sites excluding steroid dienone is 1. The van der Waals surface area contributed by atoms with Gasteiger partial charge in [-0.1, -0.05) is 35.3 Å². The fraction of sp³-hybridized carbons (Fsp3) is 0.200. The van der Waals surface area contributed by atoms with Gasteiger partial charge in [-0.25, -0.2) is 4.98 Å². The van der Waals surface area contributed by atoms with Crippen LogP contribution in [0.3, 0.4) is 0 Å². The molecule has 1 aromatic heterocycles. The normalized spacial score (nSPS) is 13.8. The van der Waals surface area contributed by atoms with Crippen LogP contribution in [0, 0.1) is 0 Å². The number of carbonyl (C=O) groups excluding carboxylic acids is 1. The van der Waals surface area contributed by atoms with Crippen LogP contribution < -0.4 is 0 Å². The molecule has 0 bridgehead atoms. The number of nitrogens with zero attached hydrogens (tertiary/aromatic N) is 2. The molecule has 104 valence electrons. The molecule has 5 heteroatoms. The molecule has 0 radical (unpaired) electrons. The summed E-state index contributed by atoms with van der Waals surface area (Å²) in [6.07, 6.45) is 6.84. The van der Waals surface area contributed by atoms with Crippen LogP contribution in [0.15, 0.2) is 49.6 Å². The first kappa shape index (κ1) is 14.8. The van der Waals surface area contributed by atoms with E-state index >= 15 is 0 Å². The minimum atomic E-state index is -0.815. The fourth-order valence-corrected chi connectivity index (χ4v) is 2.82. The molecule has 1 aromatic carbocycles. The number of benzene rings is 1. The number of hydrogen-bond donors (Lipinski definition) is 0. The molecule has 2 rings (SSSR count). The maximum absolute atomic E-state index is 12.7. The van der Waals surface area contributed by atoms with Gasteiger partial charge in [0.2, 0.25) is 5.91 Å². The zero-order valence-electron chi connectivity index (χ0n) is 11.0. The molecule has 0 aliphatic carbocycles. The Morgan fingerprint density at radius 1 is 1.50 bits per heavy atom. The van der Waals surface area contributed by atoms with E-state index in [1.54, 1.807) is 36.7 Å². The van der Waals surface area contributed by atoms with Gasteiger partial charge in [-0.05, 0) is 31.0 Å². The lowest BCUT2D eigenvalue weighted by Crippen LogP contribution is -2.36. The first-order chi connectivity index (χ1) is 9.49. The largest absolute Gasteiger partial charge is 0.276 e. The molecule has 0 spiro atoms. The Kier molecular flexibility index (Phi) is 4.31. The van der Waals surface area contributed by atoms with Crippen molar-refractivity contribution >= 4 is 29.1 Å². The Balaban J connectivity index is 2.54. The monoisotopic (exact) mass is 308 g/mol. The molecule has 0 saturated heterocycles. The lowest BCUT2D eigenvalue weighted by atomic mass is 9.78. The molecule has 1 unspecified atom stereocenters. The molecule has 0 fully saturated rings. The Hall–Kier alpha value is -1.58. The maximum Gasteiger partial charge on any atom is 0.242 e. The summed E-state index contributed by atoms with van der Waals surface area (Å²) in [5.41, 5.74) is -0.0911. The molecule has 0 N–H and O–H groups in total. The molecule has 20 heavy (non-hydrogen) atoms. The average Bonchev–Trinajstić information content (AvgIpc) is 2.91. The maximum atomic E-state index is 12.7. The summed E-state index contributed by atoms with van der Waals surface area (Å²) < 4.78 is 1.45. The second-order valence-corrected chi connectivity index (χ2v) is 5.57. The summed E-state index contributed by atoms with van der Waals surface area (Å²) >= 11 is 12.2. The van der Waals surface area contributed by atoms with Gasteiger partial charge in [-0.2, -0.15) is 0 Å². The smallest absolute Gasteiger partial charge is 0.242 e. The summed E-state index contributed by atoms with van der Waals surface area (Å²) in [5.74, 6) is -0.112. The number of halogens is 2. The fourth-order valence-electron chi connectivity index (χ4n) is 2.20. The summed E-state index contributed by atoms with van der Waals surface area (Å²) in [5, 5.41) is 1.00. The van der Waals surface area contributed by atoms with Gasteiger partial charge < -0.3 is 0 Å². The molecule has 0 aliphatic heterocycles. The number of hydrogen-bond acceptors (Lipinski definition) is 2. The average molecular weight is 309 g/mol. The lowest BCUT2D eigenvalue weighted by Gasteiger charge is -2.28. The highest BCUT2D eigenvalue weighted by Crippen LogP contribution is 2.36. The van der Waals surface area contributed by atoms with E-state index in [2.05, 4.69) is 11.6 Å². The van der Waals surface area contributed by atoms with Gasteiger partial charge in [-0.3, -0.25) is 9.36 Å². The predicted octanol–water partition coefficient (Wildman–Crippen LogP) is 4.36. The molecule has 2 aromatic rings. The van der Waals surface area contributed by atoms with Crippen LogP contribution in [0.4, 0.5) is 0 Å². The minimum absolute atomic E-state index is 0.112. The van der Waals surface area contributed by atoms with Gasteiger partial charge in [0, 0.05) is 22.4 Å². The molecule has 0 amide bonds. The SMILES string of the molecule is C=CCC(C)(C(=O)n1ccnc1)c1ccc(Cl)cc1Cl. The van der Waals surface area contributed by atoms with Crippen LogP contribution >= 0.6 is 23.2 Å². The van der Waals surface area contributed by atoms with E-state index in [1.165, 1.54) is 10.9 Å². The van der Waals surface area contributed by atoms with E-state index in [-0.39, 0.29) is 5.91 Å². The second kappa shape index (κ2) is 5.81. The minimum Gasteiger partial charge on any atom is -0.276 e. The van der Waals surface area contributed by atoms with Crippen molar-refractivity contribution in [2.45, 2.75) is 18.8 Å². The highest BCUT2D eigenvalue weighted by molar-refractivity contribution is 6.35. The van der Waals surface area contributed by atoms with Crippen molar-refractivity contribution in [3.63, 3.8) is 0 Å². The van der Waals surface area contributed by atoms with Gasteiger partial charge in [0.25, 0.3) is 0 Å². The topological polar surface area (TPSA) is 34.9 Å². The number of carbonyl (C=O) groups is 1. The van der Waals surface area contributed by atoms with Gasteiger partial charge >= 0.3 is 0 Å². The summed E-state index contributed by atoms with van der Waals surface area (Å²) in [6, 6.07) is 5.15. The van der Waals surface area contributed by atoms with Crippen LogP contribution in [-0.2, 0) is 5.41 Å². The van der Waals surface area contributed by atoms with Crippen molar-refractivity contribution in [3.05, 3.63) is 65.2 Å². The van der Waals surface area contributed by atoms with Crippen LogP contribution in [0.5, 0.6) is 0 Å². The third kappa shape index (κ3) is 2.65. The quantitative estimate of drug-likeness (QED) is 0.786. The molecular formula is C15H14Cl2N2O. The molecule has 0 saturated carbocycles. The summed E-state index contributed by atoms with van der Waals surface area (Å²) in [6.45, 7) is 5.58. The Labute approximate surface area is 127 Å². The number of aromatic nitrogens is 2. The highest BCUT2D eigenvalue weighted by atomic mass is 35.5. The zero-order chi connectivity index (χ0) is 14.8. The van der Waals surface area contributed by atoms with Gasteiger partial charge in [0.1, 0.15) is 6.33 Å². The van der Waals surface area contributed by atoms with Gasteiger partial charge in [0.15, 0.2) is 0 Å². The number of imidazole rings is 1. The van der Waals surface area contributed by atoms with E-state index in [4.69, 9.17) is 23.2 Å². The summed E-state index contributed by atoms with van der Waals surface area (Å²) in [4.78, 5) is 16.6. The standard InChI is InChI=1S/C15H14Cl2N2O/c1-3-6-15(2,14(20)19-8-7-18-10-19)12-5-4-11(16)9-13(12)17/h3-5,7-10H,1,6H2,2H3. The zero-order valence-corrected chi connectivity index (χ0v) is 12.5. The molecule has 3 nitrogen and oxygen atoms in total. The molecule has 0 aliphatic rings. The van der Waals surface area contributed by atoms with Crippen molar-refractivity contribution in [2.24, 2.45) is 0 Å². The Bertz CT molecular complexity index is 637. The van der Waals surface area contributed by atoms with E-state index in [9.17, 15) is 4.79 Å². The molecule has 1 atom stereocenters. The first-order valence-electron chi connectivity index (χ1n) is 6.08.